The highest BCUT2D eigenvalue weighted by molar-refractivity contribution is 7.89. The fourth-order valence-corrected chi connectivity index (χ4v) is 3.91. The molecule has 1 atom stereocenters. The molecule has 0 aliphatic carbocycles. The molecule has 0 radical (unpaired) electrons. The fourth-order valence-electron chi connectivity index (χ4n) is 2.85. The van der Waals surface area contributed by atoms with Gasteiger partial charge in [0.15, 0.2) is 0 Å². The van der Waals surface area contributed by atoms with Crippen molar-refractivity contribution < 1.29 is 13.2 Å². The summed E-state index contributed by atoms with van der Waals surface area (Å²) in [4.78, 5) is 14.1. The third kappa shape index (κ3) is 3.95. The van der Waals surface area contributed by atoms with Crippen LogP contribution in [0.25, 0.3) is 11.3 Å². The Morgan fingerprint density at radius 2 is 2.08 bits per heavy atom. The largest absolute Gasteiger partial charge is 0.337 e. The van der Waals surface area contributed by atoms with Crippen molar-refractivity contribution >= 4 is 27.5 Å². The second-order valence-corrected chi connectivity index (χ2v) is 8.00. The number of sulfonamides is 1. The van der Waals surface area contributed by atoms with Gasteiger partial charge in [-0.15, -0.1) is 0 Å². The minimum Gasteiger partial charge on any atom is -0.337 e. The van der Waals surface area contributed by atoms with Crippen molar-refractivity contribution in [3.8, 4) is 11.3 Å². The highest BCUT2D eigenvalue weighted by Gasteiger charge is 2.30. The Kier molecular flexibility index (Phi) is 4.62. The number of nitrogens with two attached hydrogens (primary N) is 1. The van der Waals surface area contributed by atoms with E-state index >= 15 is 0 Å². The van der Waals surface area contributed by atoms with Gasteiger partial charge in [-0.3, -0.25) is 9.89 Å². The first-order valence-electron chi connectivity index (χ1n) is 7.43. The maximum atomic E-state index is 12.5. The number of aromatic amines is 1. The van der Waals surface area contributed by atoms with Gasteiger partial charge in [-0.1, -0.05) is 23.7 Å². The zero-order valence-electron chi connectivity index (χ0n) is 12.8. The van der Waals surface area contributed by atoms with Crippen LogP contribution in [0, 0.1) is 5.92 Å². The third-order valence-corrected chi connectivity index (χ3v) is 5.18. The van der Waals surface area contributed by atoms with Crippen LogP contribution in [-0.4, -0.2) is 48.3 Å². The highest BCUT2D eigenvalue weighted by atomic mass is 35.5. The average molecular weight is 369 g/mol. The number of benzene rings is 1. The van der Waals surface area contributed by atoms with E-state index in [9.17, 15) is 13.2 Å². The summed E-state index contributed by atoms with van der Waals surface area (Å²) in [6.45, 7) is 0.888. The van der Waals surface area contributed by atoms with Gasteiger partial charge in [-0.25, -0.2) is 13.6 Å². The topological polar surface area (TPSA) is 109 Å². The molecule has 2 heterocycles. The number of nitrogens with zero attached hydrogens (tertiary/aromatic N) is 2. The molecule has 2 aromatic rings. The van der Waals surface area contributed by atoms with Crippen molar-refractivity contribution in [3.05, 3.63) is 41.0 Å². The highest BCUT2D eigenvalue weighted by Crippen LogP contribution is 2.23. The van der Waals surface area contributed by atoms with Crippen LogP contribution in [-0.2, 0) is 10.0 Å². The van der Waals surface area contributed by atoms with Crippen LogP contribution in [0.1, 0.15) is 16.9 Å². The summed E-state index contributed by atoms with van der Waals surface area (Å²) in [6, 6.07) is 8.84. The lowest BCUT2D eigenvalue weighted by Gasteiger charge is -2.14. The third-order valence-electron chi connectivity index (χ3n) is 3.99. The number of aromatic nitrogens is 2. The van der Waals surface area contributed by atoms with Crippen LogP contribution in [0.4, 0.5) is 0 Å². The zero-order chi connectivity index (χ0) is 17.3. The molecule has 1 saturated heterocycles. The van der Waals surface area contributed by atoms with E-state index < -0.39 is 10.0 Å². The fraction of sp³-hybridized carbons (Fsp3) is 0.333. The maximum absolute atomic E-state index is 12.5. The molecule has 1 amide bonds. The Balaban J connectivity index is 1.69. The number of halogens is 1. The maximum Gasteiger partial charge on any atom is 0.271 e. The number of likely N-dealkylation sites (tertiary alicyclic amines) is 1. The van der Waals surface area contributed by atoms with Crippen molar-refractivity contribution in [1.82, 2.24) is 15.1 Å². The lowest BCUT2D eigenvalue weighted by molar-refractivity contribution is 0.0782. The molecule has 1 aliphatic rings. The number of primary sulfonamides is 1. The summed E-state index contributed by atoms with van der Waals surface area (Å²) >= 11 is 5.86. The van der Waals surface area contributed by atoms with E-state index in [1.165, 1.54) is 0 Å². The zero-order valence-corrected chi connectivity index (χ0v) is 14.3. The molecule has 1 aromatic carbocycles. The molecule has 24 heavy (non-hydrogen) atoms. The molecule has 128 valence electrons. The van der Waals surface area contributed by atoms with Gasteiger partial charge in [0.2, 0.25) is 10.0 Å². The van der Waals surface area contributed by atoms with Gasteiger partial charge in [0.1, 0.15) is 5.69 Å². The molecule has 9 heteroatoms. The number of hydrogen-bond donors (Lipinski definition) is 2. The van der Waals surface area contributed by atoms with Crippen LogP contribution in [0.5, 0.6) is 0 Å². The van der Waals surface area contributed by atoms with Gasteiger partial charge in [0.05, 0.1) is 11.4 Å². The number of rotatable bonds is 4. The smallest absolute Gasteiger partial charge is 0.271 e. The van der Waals surface area contributed by atoms with Gasteiger partial charge in [-0.05, 0) is 30.5 Å². The van der Waals surface area contributed by atoms with E-state index in [1.54, 1.807) is 23.1 Å². The number of hydrogen-bond acceptors (Lipinski definition) is 4. The molecule has 7 nitrogen and oxygen atoms in total. The number of carbonyl (C=O) groups is 1. The van der Waals surface area contributed by atoms with Crippen LogP contribution in [0.2, 0.25) is 5.02 Å². The summed E-state index contributed by atoms with van der Waals surface area (Å²) in [5, 5.41) is 12.6. The van der Waals surface area contributed by atoms with Gasteiger partial charge in [0, 0.05) is 23.7 Å². The minimum absolute atomic E-state index is 0.101. The predicted octanol–water partition coefficient (Wildman–Crippen LogP) is 1.48. The number of nitrogens with one attached hydrogen (secondary N) is 1. The number of amides is 1. The molecule has 0 saturated carbocycles. The molecule has 1 fully saturated rings. The Hall–Kier alpha value is -1.90. The first-order chi connectivity index (χ1) is 11.3. The molecule has 0 bridgehead atoms. The average Bonchev–Trinajstić information content (AvgIpc) is 3.15. The molecule has 3 rings (SSSR count). The standard InChI is InChI=1S/C15H17ClN4O3S/c16-12-3-1-11(2-4-12)13-7-14(19-18-13)15(21)20-6-5-10(8-20)9-24(17,22)23/h1-4,7,10H,5-6,8-9H2,(H,18,19)(H2,17,22,23)/t10-/m0/s1. The molecule has 0 unspecified atom stereocenters. The molecule has 1 aromatic heterocycles. The molecular formula is C15H17ClN4O3S. The SMILES string of the molecule is NS(=O)(=O)C[C@H]1CCN(C(=O)c2cc(-c3ccc(Cl)cc3)n[nH]2)C1. The summed E-state index contributed by atoms with van der Waals surface area (Å²) < 4.78 is 22.3. The van der Waals surface area contributed by atoms with Crippen molar-refractivity contribution in [3.63, 3.8) is 0 Å². The van der Waals surface area contributed by atoms with E-state index in [-0.39, 0.29) is 17.6 Å². The lowest BCUT2D eigenvalue weighted by atomic mass is 10.1. The molecule has 1 aliphatic heterocycles. The number of H-pyrrole nitrogens is 1. The molecular weight excluding hydrogens is 352 g/mol. The minimum atomic E-state index is -3.53. The Morgan fingerprint density at radius 1 is 1.38 bits per heavy atom. The van der Waals surface area contributed by atoms with Crippen molar-refractivity contribution in [2.24, 2.45) is 11.1 Å². The van der Waals surface area contributed by atoms with Crippen LogP contribution >= 0.6 is 11.6 Å². The van der Waals surface area contributed by atoms with E-state index in [2.05, 4.69) is 10.2 Å². The molecule has 0 spiro atoms. The first-order valence-corrected chi connectivity index (χ1v) is 9.52. The predicted molar refractivity (Wildman–Crippen MR) is 91.0 cm³/mol. The Labute approximate surface area is 144 Å². The first kappa shape index (κ1) is 16.9. The summed E-state index contributed by atoms with van der Waals surface area (Å²) in [5.74, 6) is -0.419. The normalized spacial score (nSPS) is 18.1. The van der Waals surface area contributed by atoms with Crippen molar-refractivity contribution in [1.29, 1.82) is 0 Å². The van der Waals surface area contributed by atoms with Crippen molar-refractivity contribution in [2.75, 3.05) is 18.8 Å². The van der Waals surface area contributed by atoms with E-state index in [4.69, 9.17) is 16.7 Å². The van der Waals surface area contributed by atoms with E-state index in [1.807, 2.05) is 12.1 Å². The summed E-state index contributed by atoms with van der Waals surface area (Å²) in [6.07, 6.45) is 0.625. The van der Waals surface area contributed by atoms with Crippen molar-refractivity contribution in [2.45, 2.75) is 6.42 Å². The Morgan fingerprint density at radius 3 is 2.75 bits per heavy atom. The van der Waals surface area contributed by atoms with Gasteiger partial charge < -0.3 is 4.90 Å². The van der Waals surface area contributed by atoms with Gasteiger partial charge >= 0.3 is 0 Å². The summed E-state index contributed by atoms with van der Waals surface area (Å²) in [7, 11) is -3.53. The second-order valence-electron chi connectivity index (χ2n) is 5.91. The lowest BCUT2D eigenvalue weighted by Crippen LogP contribution is -2.31. The van der Waals surface area contributed by atoms with Crippen LogP contribution in [0.3, 0.4) is 0 Å². The number of carbonyl (C=O) groups excluding carboxylic acids is 1. The molecule has 3 N–H and O–H groups in total. The van der Waals surface area contributed by atoms with Crippen LogP contribution in [0.15, 0.2) is 30.3 Å². The van der Waals surface area contributed by atoms with E-state index in [0.29, 0.717) is 35.9 Å². The van der Waals surface area contributed by atoms with Gasteiger partial charge in [-0.2, -0.15) is 5.10 Å². The quantitative estimate of drug-likeness (QED) is 0.851. The van der Waals surface area contributed by atoms with Crippen LogP contribution < -0.4 is 5.14 Å². The monoisotopic (exact) mass is 368 g/mol. The summed E-state index contributed by atoms with van der Waals surface area (Å²) in [5.41, 5.74) is 1.87. The van der Waals surface area contributed by atoms with Gasteiger partial charge in [0.25, 0.3) is 5.91 Å². The Bertz CT molecular complexity index is 848. The van der Waals surface area contributed by atoms with E-state index in [0.717, 1.165) is 5.56 Å². The second kappa shape index (κ2) is 6.54.